The fourth-order valence-corrected chi connectivity index (χ4v) is 4.36. The van der Waals surface area contributed by atoms with E-state index in [-0.39, 0.29) is 15.5 Å². The summed E-state index contributed by atoms with van der Waals surface area (Å²) in [6.07, 6.45) is 1.54. The van der Waals surface area contributed by atoms with Crippen molar-refractivity contribution in [3.8, 4) is 0 Å². The van der Waals surface area contributed by atoms with Crippen LogP contribution in [0.3, 0.4) is 0 Å². The summed E-state index contributed by atoms with van der Waals surface area (Å²) < 4.78 is 32.4. The molecule has 134 valence electrons. The molecule has 25 heavy (non-hydrogen) atoms. The molecule has 0 aromatic heterocycles. The lowest BCUT2D eigenvalue weighted by atomic mass is 10.2. The Morgan fingerprint density at radius 2 is 1.84 bits per heavy atom. The first-order valence-electron chi connectivity index (χ1n) is 7.87. The highest BCUT2D eigenvalue weighted by Crippen LogP contribution is 2.29. The topological polar surface area (TPSA) is 63.7 Å². The van der Waals surface area contributed by atoms with Crippen molar-refractivity contribution in [1.82, 2.24) is 0 Å². The van der Waals surface area contributed by atoms with Crippen molar-refractivity contribution >= 4 is 33.3 Å². The zero-order chi connectivity index (χ0) is 18.4. The molecule has 0 aliphatic heterocycles. The third-order valence-electron chi connectivity index (χ3n) is 3.68. The lowest BCUT2D eigenvalue weighted by Crippen LogP contribution is -2.32. The normalized spacial score (nSPS) is 11.2. The number of carbonyl (C=O) groups is 1. The summed E-state index contributed by atoms with van der Waals surface area (Å²) >= 11 is 6.14. The van der Waals surface area contributed by atoms with E-state index in [4.69, 9.17) is 11.6 Å². The summed E-state index contributed by atoms with van der Waals surface area (Å²) in [5.74, 6) is -0.618. The first-order chi connectivity index (χ1) is 11.9. The molecule has 5 nitrogen and oxygen atoms in total. The van der Waals surface area contributed by atoms with Crippen LogP contribution in [0, 0.1) is 0 Å². The van der Waals surface area contributed by atoms with Gasteiger partial charge < -0.3 is 4.74 Å². The first kappa shape index (κ1) is 19.3. The van der Waals surface area contributed by atoms with Crippen molar-refractivity contribution in [1.29, 1.82) is 0 Å². The number of unbranched alkanes of at least 4 members (excludes halogenated alkanes) is 1. The molecule has 0 saturated heterocycles. The van der Waals surface area contributed by atoms with E-state index in [0.717, 1.165) is 6.42 Å². The van der Waals surface area contributed by atoms with Gasteiger partial charge in [-0.05, 0) is 36.8 Å². The zero-order valence-electron chi connectivity index (χ0n) is 14.1. The van der Waals surface area contributed by atoms with Gasteiger partial charge in [0.2, 0.25) is 0 Å². The number of methoxy groups -OCH3 is 1. The van der Waals surface area contributed by atoms with E-state index in [2.05, 4.69) is 4.74 Å². The molecule has 0 spiro atoms. The zero-order valence-corrected chi connectivity index (χ0v) is 15.7. The Labute approximate surface area is 153 Å². The lowest BCUT2D eigenvalue weighted by Gasteiger charge is -2.25. The Morgan fingerprint density at radius 3 is 2.44 bits per heavy atom. The minimum Gasteiger partial charge on any atom is -0.465 e. The predicted octanol–water partition coefficient (Wildman–Crippen LogP) is 4.12. The van der Waals surface area contributed by atoms with Gasteiger partial charge in [0, 0.05) is 6.54 Å². The SMILES string of the molecule is CCCCN(c1ccccc1)S(=O)(=O)c1cc(C(=O)OC)ccc1Cl. The molecule has 0 aliphatic rings. The Balaban J connectivity index is 2.55. The molecule has 2 aromatic carbocycles. The molecule has 2 aromatic rings. The van der Waals surface area contributed by atoms with Crippen LogP contribution in [0.5, 0.6) is 0 Å². The van der Waals surface area contributed by atoms with Crippen molar-refractivity contribution in [2.24, 2.45) is 0 Å². The number of hydrogen-bond acceptors (Lipinski definition) is 4. The molecular weight excluding hydrogens is 362 g/mol. The Hall–Kier alpha value is -2.05. The molecule has 0 amide bonds. The first-order valence-corrected chi connectivity index (χ1v) is 9.69. The van der Waals surface area contributed by atoms with Gasteiger partial charge in [-0.1, -0.05) is 43.1 Å². The smallest absolute Gasteiger partial charge is 0.337 e. The summed E-state index contributed by atoms with van der Waals surface area (Å²) in [7, 11) is -2.69. The van der Waals surface area contributed by atoms with Crippen LogP contribution in [0.4, 0.5) is 5.69 Å². The quantitative estimate of drug-likeness (QED) is 0.676. The molecule has 0 saturated carbocycles. The van der Waals surface area contributed by atoms with Gasteiger partial charge in [-0.15, -0.1) is 0 Å². The second-order valence-corrected chi connectivity index (χ2v) is 7.64. The van der Waals surface area contributed by atoms with Crippen LogP contribution in [-0.2, 0) is 14.8 Å². The summed E-state index contributed by atoms with van der Waals surface area (Å²) in [5.41, 5.74) is 0.685. The van der Waals surface area contributed by atoms with Crippen LogP contribution >= 0.6 is 11.6 Å². The number of sulfonamides is 1. The van der Waals surface area contributed by atoms with Crippen LogP contribution in [0.2, 0.25) is 5.02 Å². The number of rotatable bonds is 7. The Kier molecular flexibility index (Phi) is 6.45. The van der Waals surface area contributed by atoms with Gasteiger partial charge in [-0.2, -0.15) is 0 Å². The van der Waals surface area contributed by atoms with E-state index in [1.165, 1.54) is 29.6 Å². The fourth-order valence-electron chi connectivity index (χ4n) is 2.35. The average molecular weight is 382 g/mol. The maximum absolute atomic E-state index is 13.2. The molecule has 0 N–H and O–H groups in total. The van der Waals surface area contributed by atoms with Crippen LogP contribution in [-0.4, -0.2) is 28.0 Å². The third kappa shape index (κ3) is 4.32. The molecule has 0 heterocycles. The summed E-state index contributed by atoms with van der Waals surface area (Å²) in [6.45, 7) is 2.31. The highest BCUT2D eigenvalue weighted by molar-refractivity contribution is 7.93. The van der Waals surface area contributed by atoms with Gasteiger partial charge in [0.1, 0.15) is 4.90 Å². The molecule has 0 radical (unpaired) electrons. The largest absolute Gasteiger partial charge is 0.465 e. The summed E-state index contributed by atoms with van der Waals surface area (Å²) in [4.78, 5) is 11.6. The summed E-state index contributed by atoms with van der Waals surface area (Å²) in [5, 5.41) is 0.0603. The maximum Gasteiger partial charge on any atom is 0.337 e. The number of hydrogen-bond donors (Lipinski definition) is 0. The van der Waals surface area contributed by atoms with Gasteiger partial charge in [0.05, 0.1) is 23.4 Å². The minimum atomic E-state index is -3.93. The van der Waals surface area contributed by atoms with E-state index in [0.29, 0.717) is 18.7 Å². The number of carbonyl (C=O) groups excluding carboxylic acids is 1. The second-order valence-electron chi connectivity index (χ2n) is 5.40. The van der Waals surface area contributed by atoms with E-state index in [1.807, 2.05) is 13.0 Å². The van der Waals surface area contributed by atoms with Gasteiger partial charge in [-0.3, -0.25) is 4.31 Å². The van der Waals surface area contributed by atoms with E-state index < -0.39 is 16.0 Å². The molecule has 0 atom stereocenters. The highest BCUT2D eigenvalue weighted by atomic mass is 35.5. The fraction of sp³-hybridized carbons (Fsp3) is 0.278. The van der Waals surface area contributed by atoms with Gasteiger partial charge in [0.15, 0.2) is 0 Å². The number of nitrogens with zero attached hydrogens (tertiary/aromatic N) is 1. The van der Waals surface area contributed by atoms with Crippen molar-refractivity contribution < 1.29 is 17.9 Å². The average Bonchev–Trinajstić information content (AvgIpc) is 2.62. The highest BCUT2D eigenvalue weighted by Gasteiger charge is 2.28. The van der Waals surface area contributed by atoms with Crippen LogP contribution in [0.15, 0.2) is 53.4 Å². The molecule has 0 bridgehead atoms. The Morgan fingerprint density at radius 1 is 1.16 bits per heavy atom. The number of esters is 1. The predicted molar refractivity (Wildman–Crippen MR) is 98.7 cm³/mol. The lowest BCUT2D eigenvalue weighted by molar-refractivity contribution is 0.0600. The molecule has 2 rings (SSSR count). The number of ether oxygens (including phenoxy) is 1. The van der Waals surface area contributed by atoms with Gasteiger partial charge >= 0.3 is 5.97 Å². The van der Waals surface area contributed by atoms with E-state index in [1.54, 1.807) is 24.3 Å². The van der Waals surface area contributed by atoms with Crippen molar-refractivity contribution in [2.45, 2.75) is 24.7 Å². The van der Waals surface area contributed by atoms with E-state index >= 15 is 0 Å². The van der Waals surface area contributed by atoms with E-state index in [9.17, 15) is 13.2 Å². The van der Waals surface area contributed by atoms with Crippen LogP contribution in [0.25, 0.3) is 0 Å². The third-order valence-corrected chi connectivity index (χ3v) is 5.99. The minimum absolute atomic E-state index is 0.0603. The standard InChI is InChI=1S/C18H20ClNO4S/c1-3-4-12-20(15-8-6-5-7-9-15)25(22,23)17-13-14(18(21)24-2)10-11-16(17)19/h5-11,13H,3-4,12H2,1-2H3. The van der Waals surface area contributed by atoms with Gasteiger partial charge in [0.25, 0.3) is 10.0 Å². The number of anilines is 1. The molecule has 0 unspecified atom stereocenters. The number of benzene rings is 2. The van der Waals surface area contributed by atoms with Crippen molar-refractivity contribution in [3.63, 3.8) is 0 Å². The summed E-state index contributed by atoms with van der Waals surface area (Å²) in [6, 6.07) is 12.9. The van der Waals surface area contributed by atoms with Crippen molar-refractivity contribution in [2.75, 3.05) is 18.0 Å². The number of para-hydroxylation sites is 1. The second kappa shape index (κ2) is 8.36. The van der Waals surface area contributed by atoms with Gasteiger partial charge in [-0.25, -0.2) is 13.2 Å². The Bertz CT molecular complexity index is 837. The molecular formula is C18H20ClNO4S. The molecule has 0 fully saturated rings. The van der Waals surface area contributed by atoms with Crippen LogP contribution in [0.1, 0.15) is 30.1 Å². The molecule has 0 aliphatic carbocycles. The maximum atomic E-state index is 13.2. The van der Waals surface area contributed by atoms with Crippen molar-refractivity contribution in [3.05, 3.63) is 59.1 Å². The monoisotopic (exact) mass is 381 g/mol. The number of halogens is 1. The van der Waals surface area contributed by atoms with Crippen LogP contribution < -0.4 is 4.31 Å². The molecule has 7 heteroatoms.